The van der Waals surface area contributed by atoms with Gasteiger partial charge in [-0.1, -0.05) is 49.9 Å². The van der Waals surface area contributed by atoms with Crippen molar-refractivity contribution in [1.82, 2.24) is 5.32 Å². The minimum absolute atomic E-state index is 0.655. The van der Waals surface area contributed by atoms with Crippen molar-refractivity contribution in [3.63, 3.8) is 0 Å². The Bertz CT molecular complexity index is 350. The molecule has 1 aromatic rings. The van der Waals surface area contributed by atoms with Gasteiger partial charge < -0.3 is 5.32 Å². The molecule has 1 atom stereocenters. The third kappa shape index (κ3) is 3.84. The van der Waals surface area contributed by atoms with Gasteiger partial charge >= 0.3 is 0 Å². The molecule has 1 heteroatoms. The van der Waals surface area contributed by atoms with Crippen molar-refractivity contribution in [1.29, 1.82) is 0 Å². The molecule has 2 rings (SSSR count). The van der Waals surface area contributed by atoms with Gasteiger partial charge in [0.15, 0.2) is 0 Å². The van der Waals surface area contributed by atoms with Gasteiger partial charge in [0, 0.05) is 12.6 Å². The number of rotatable bonds is 4. The molecule has 100 valence electrons. The molecule has 1 fully saturated rings. The first-order valence-corrected chi connectivity index (χ1v) is 7.55. The van der Waals surface area contributed by atoms with E-state index < -0.39 is 0 Å². The quantitative estimate of drug-likeness (QED) is 0.773. The van der Waals surface area contributed by atoms with E-state index in [0.717, 1.165) is 12.5 Å². The topological polar surface area (TPSA) is 12.0 Å². The number of hydrogen-bond acceptors (Lipinski definition) is 1. The smallest absolute Gasteiger partial charge is 0.0210 e. The Labute approximate surface area is 112 Å². The van der Waals surface area contributed by atoms with Crippen LogP contribution in [0.2, 0.25) is 0 Å². The van der Waals surface area contributed by atoms with Gasteiger partial charge in [-0.15, -0.1) is 0 Å². The van der Waals surface area contributed by atoms with Crippen LogP contribution in [-0.4, -0.2) is 6.04 Å². The van der Waals surface area contributed by atoms with Crippen LogP contribution in [0, 0.1) is 12.8 Å². The highest BCUT2D eigenvalue weighted by molar-refractivity contribution is 5.25. The van der Waals surface area contributed by atoms with Crippen molar-refractivity contribution in [3.8, 4) is 0 Å². The van der Waals surface area contributed by atoms with Crippen LogP contribution in [0.4, 0.5) is 0 Å². The number of aryl methyl sites for hydroxylation is 1. The maximum absolute atomic E-state index is 3.74. The summed E-state index contributed by atoms with van der Waals surface area (Å²) < 4.78 is 0. The second-order valence-corrected chi connectivity index (χ2v) is 5.85. The lowest BCUT2D eigenvalue weighted by Crippen LogP contribution is -2.33. The van der Waals surface area contributed by atoms with Gasteiger partial charge in [0.05, 0.1) is 0 Å². The molecule has 0 aromatic heterocycles. The van der Waals surface area contributed by atoms with Gasteiger partial charge in [-0.05, 0) is 43.7 Å². The highest BCUT2D eigenvalue weighted by Gasteiger charge is 2.18. The summed E-state index contributed by atoms with van der Waals surface area (Å²) in [4.78, 5) is 0. The van der Waals surface area contributed by atoms with E-state index in [0.29, 0.717) is 6.04 Å². The lowest BCUT2D eigenvalue weighted by Gasteiger charge is -2.24. The first-order valence-electron chi connectivity index (χ1n) is 7.55. The van der Waals surface area contributed by atoms with Crippen LogP contribution in [0.15, 0.2) is 24.3 Å². The predicted octanol–water partition coefficient (Wildman–Crippen LogP) is 4.44. The maximum atomic E-state index is 3.74. The zero-order valence-electron chi connectivity index (χ0n) is 11.9. The number of hydrogen-bond donors (Lipinski definition) is 1. The Morgan fingerprint density at radius 2 is 1.78 bits per heavy atom. The molecule has 0 saturated heterocycles. The lowest BCUT2D eigenvalue weighted by molar-refractivity contribution is 0.336. The maximum Gasteiger partial charge on any atom is 0.0210 e. The van der Waals surface area contributed by atoms with Crippen LogP contribution in [0.1, 0.15) is 56.6 Å². The third-order valence-corrected chi connectivity index (χ3v) is 4.48. The minimum Gasteiger partial charge on any atom is -0.310 e. The predicted molar refractivity (Wildman–Crippen MR) is 78.7 cm³/mol. The van der Waals surface area contributed by atoms with E-state index in [9.17, 15) is 0 Å². The van der Waals surface area contributed by atoms with E-state index in [1.807, 2.05) is 0 Å². The Balaban J connectivity index is 1.83. The average molecular weight is 245 g/mol. The van der Waals surface area contributed by atoms with Crippen molar-refractivity contribution in [2.24, 2.45) is 5.92 Å². The van der Waals surface area contributed by atoms with Crippen LogP contribution in [-0.2, 0) is 6.54 Å². The first kappa shape index (κ1) is 13.6. The summed E-state index contributed by atoms with van der Waals surface area (Å²) in [5.41, 5.74) is 2.84. The van der Waals surface area contributed by atoms with Gasteiger partial charge in [0.2, 0.25) is 0 Å². The van der Waals surface area contributed by atoms with Crippen LogP contribution < -0.4 is 5.32 Å². The number of nitrogens with one attached hydrogen (secondary N) is 1. The van der Waals surface area contributed by atoms with Crippen molar-refractivity contribution < 1.29 is 0 Å². The van der Waals surface area contributed by atoms with E-state index in [2.05, 4.69) is 43.4 Å². The van der Waals surface area contributed by atoms with E-state index in [1.165, 1.54) is 49.7 Å². The van der Waals surface area contributed by atoms with E-state index >= 15 is 0 Å². The summed E-state index contributed by atoms with van der Waals surface area (Å²) in [5, 5.41) is 3.74. The lowest BCUT2D eigenvalue weighted by atomic mass is 9.93. The summed E-state index contributed by atoms with van der Waals surface area (Å²) in [7, 11) is 0. The molecule has 18 heavy (non-hydrogen) atoms. The van der Waals surface area contributed by atoms with Gasteiger partial charge in [-0.25, -0.2) is 0 Å². The number of benzene rings is 1. The summed E-state index contributed by atoms with van der Waals surface area (Å²) >= 11 is 0. The van der Waals surface area contributed by atoms with E-state index in [-0.39, 0.29) is 0 Å². The molecule has 0 unspecified atom stereocenters. The summed E-state index contributed by atoms with van der Waals surface area (Å²) in [5.74, 6) is 0.886. The molecule has 0 spiro atoms. The molecule has 0 aliphatic heterocycles. The van der Waals surface area contributed by atoms with Gasteiger partial charge in [0.25, 0.3) is 0 Å². The van der Waals surface area contributed by atoms with E-state index in [4.69, 9.17) is 0 Å². The molecular formula is C17H27N. The van der Waals surface area contributed by atoms with Crippen LogP contribution in [0.5, 0.6) is 0 Å². The molecular weight excluding hydrogens is 218 g/mol. The van der Waals surface area contributed by atoms with Gasteiger partial charge in [-0.3, -0.25) is 0 Å². The molecule has 1 N–H and O–H groups in total. The minimum atomic E-state index is 0.655. The van der Waals surface area contributed by atoms with Crippen LogP contribution in [0.3, 0.4) is 0 Å². The second-order valence-electron chi connectivity index (χ2n) is 5.85. The Morgan fingerprint density at radius 1 is 1.11 bits per heavy atom. The second kappa shape index (κ2) is 6.94. The average Bonchev–Trinajstić information content (AvgIpc) is 2.66. The van der Waals surface area contributed by atoms with Gasteiger partial charge in [0.1, 0.15) is 0 Å². The SMILES string of the molecule is Cc1ccccc1CN[C@@H](C)C1CCCCCC1. The zero-order chi connectivity index (χ0) is 12.8. The fourth-order valence-electron chi connectivity index (χ4n) is 3.06. The highest BCUT2D eigenvalue weighted by Crippen LogP contribution is 2.25. The van der Waals surface area contributed by atoms with Crippen molar-refractivity contribution >= 4 is 0 Å². The monoisotopic (exact) mass is 245 g/mol. The van der Waals surface area contributed by atoms with Crippen molar-refractivity contribution in [3.05, 3.63) is 35.4 Å². The van der Waals surface area contributed by atoms with Gasteiger partial charge in [-0.2, -0.15) is 0 Å². The Hall–Kier alpha value is -0.820. The fraction of sp³-hybridized carbons (Fsp3) is 0.647. The largest absolute Gasteiger partial charge is 0.310 e. The van der Waals surface area contributed by atoms with Crippen LogP contribution >= 0.6 is 0 Å². The third-order valence-electron chi connectivity index (χ3n) is 4.48. The summed E-state index contributed by atoms with van der Waals surface area (Å²) in [6.45, 7) is 5.59. The highest BCUT2D eigenvalue weighted by atomic mass is 14.9. The summed E-state index contributed by atoms with van der Waals surface area (Å²) in [6, 6.07) is 9.35. The summed E-state index contributed by atoms with van der Waals surface area (Å²) in [6.07, 6.45) is 8.59. The molecule has 0 amide bonds. The van der Waals surface area contributed by atoms with Crippen molar-refractivity contribution in [2.45, 2.75) is 65.0 Å². The first-order chi connectivity index (χ1) is 8.77. The molecule has 1 aliphatic rings. The van der Waals surface area contributed by atoms with Crippen molar-refractivity contribution in [2.75, 3.05) is 0 Å². The molecule has 0 heterocycles. The fourth-order valence-corrected chi connectivity index (χ4v) is 3.06. The van der Waals surface area contributed by atoms with E-state index in [1.54, 1.807) is 0 Å². The Kier molecular flexibility index (Phi) is 5.25. The molecule has 1 aromatic carbocycles. The standard InChI is InChI=1S/C17H27N/c1-14-9-7-8-12-17(14)13-18-15(2)16-10-5-3-4-6-11-16/h7-9,12,15-16,18H,3-6,10-11,13H2,1-2H3/t15-/m0/s1. The normalized spacial score (nSPS) is 19.4. The molecule has 0 bridgehead atoms. The molecule has 1 nitrogen and oxygen atoms in total. The molecule has 0 radical (unpaired) electrons. The molecule has 1 aliphatic carbocycles. The molecule has 1 saturated carbocycles. The Morgan fingerprint density at radius 3 is 2.44 bits per heavy atom. The zero-order valence-corrected chi connectivity index (χ0v) is 11.9. The van der Waals surface area contributed by atoms with Crippen LogP contribution in [0.25, 0.3) is 0 Å².